The molecule has 0 saturated carbocycles. The molecule has 1 aromatic carbocycles. The van der Waals surface area contributed by atoms with Gasteiger partial charge in [0.05, 0.1) is 5.54 Å². The third-order valence-electron chi connectivity index (χ3n) is 3.92. The molecular weight excluding hydrogens is 252 g/mol. The van der Waals surface area contributed by atoms with Crippen LogP contribution in [0.4, 0.5) is 0 Å². The van der Waals surface area contributed by atoms with Gasteiger partial charge in [0.25, 0.3) is 0 Å². The van der Waals surface area contributed by atoms with Crippen molar-refractivity contribution in [1.29, 1.82) is 0 Å². The number of hydrogen-bond acceptors (Lipinski definition) is 3. The summed E-state index contributed by atoms with van der Waals surface area (Å²) in [6.45, 7) is 3.17. The molecular formula is C16H24N2O2. The van der Waals surface area contributed by atoms with Crippen LogP contribution in [0.2, 0.25) is 0 Å². The summed E-state index contributed by atoms with van der Waals surface area (Å²) >= 11 is 0. The maximum atomic E-state index is 12.2. The summed E-state index contributed by atoms with van der Waals surface area (Å²) in [6.07, 6.45) is 3.08. The molecule has 1 saturated heterocycles. The van der Waals surface area contributed by atoms with Crippen LogP contribution in [-0.4, -0.2) is 30.7 Å². The standard InChI is InChI=1S/C16H24N2O2/c1-13(7-8-14-5-3-2-4-6-14)18-15(19)16(17)9-11-20-12-10-16/h2-6,13H,7-12,17H2,1H3,(H,18,19). The van der Waals surface area contributed by atoms with E-state index in [1.165, 1.54) is 5.56 Å². The summed E-state index contributed by atoms with van der Waals surface area (Å²) in [5, 5.41) is 3.04. The van der Waals surface area contributed by atoms with Crippen molar-refractivity contribution in [3.63, 3.8) is 0 Å². The SMILES string of the molecule is CC(CCc1ccccc1)NC(=O)C1(N)CCOCC1. The van der Waals surface area contributed by atoms with Crippen LogP contribution in [-0.2, 0) is 16.0 Å². The smallest absolute Gasteiger partial charge is 0.240 e. The highest BCUT2D eigenvalue weighted by Crippen LogP contribution is 2.18. The predicted molar refractivity (Wildman–Crippen MR) is 79.3 cm³/mol. The van der Waals surface area contributed by atoms with E-state index in [0.29, 0.717) is 26.1 Å². The molecule has 3 N–H and O–H groups in total. The van der Waals surface area contributed by atoms with Crippen LogP contribution < -0.4 is 11.1 Å². The Morgan fingerprint density at radius 3 is 2.65 bits per heavy atom. The first kappa shape index (κ1) is 15.0. The Kier molecular flexibility index (Phi) is 5.15. The largest absolute Gasteiger partial charge is 0.381 e. The van der Waals surface area contributed by atoms with Crippen LogP contribution >= 0.6 is 0 Å². The zero-order chi connectivity index (χ0) is 14.4. The second kappa shape index (κ2) is 6.86. The minimum atomic E-state index is -0.751. The van der Waals surface area contributed by atoms with Crippen molar-refractivity contribution in [1.82, 2.24) is 5.32 Å². The van der Waals surface area contributed by atoms with Crippen LogP contribution in [0.25, 0.3) is 0 Å². The van der Waals surface area contributed by atoms with Crippen molar-refractivity contribution >= 4 is 5.91 Å². The van der Waals surface area contributed by atoms with Gasteiger partial charge >= 0.3 is 0 Å². The zero-order valence-electron chi connectivity index (χ0n) is 12.1. The summed E-state index contributed by atoms with van der Waals surface area (Å²) < 4.78 is 5.27. The molecule has 1 atom stereocenters. The molecule has 1 aromatic rings. The normalized spacial score (nSPS) is 19.3. The lowest BCUT2D eigenvalue weighted by atomic mass is 9.90. The highest BCUT2D eigenvalue weighted by molar-refractivity contribution is 5.86. The van der Waals surface area contributed by atoms with Crippen molar-refractivity contribution in [2.45, 2.75) is 44.2 Å². The van der Waals surface area contributed by atoms with Crippen molar-refractivity contribution in [3.05, 3.63) is 35.9 Å². The van der Waals surface area contributed by atoms with E-state index >= 15 is 0 Å². The summed E-state index contributed by atoms with van der Waals surface area (Å²) in [5.41, 5.74) is 6.71. The summed E-state index contributed by atoms with van der Waals surface area (Å²) in [6, 6.07) is 10.4. The number of nitrogens with one attached hydrogen (secondary N) is 1. The molecule has 0 spiro atoms. The molecule has 4 heteroatoms. The maximum Gasteiger partial charge on any atom is 0.240 e. The average Bonchev–Trinajstić information content (AvgIpc) is 2.47. The molecule has 1 unspecified atom stereocenters. The van der Waals surface area contributed by atoms with Gasteiger partial charge in [-0.05, 0) is 38.2 Å². The lowest BCUT2D eigenvalue weighted by Crippen LogP contribution is -2.58. The molecule has 2 rings (SSSR count). The van der Waals surface area contributed by atoms with Gasteiger partial charge in [0, 0.05) is 19.3 Å². The fourth-order valence-corrected chi connectivity index (χ4v) is 2.43. The van der Waals surface area contributed by atoms with Crippen LogP contribution in [0, 0.1) is 0 Å². The Morgan fingerprint density at radius 1 is 1.35 bits per heavy atom. The Labute approximate surface area is 120 Å². The van der Waals surface area contributed by atoms with Crippen molar-refractivity contribution < 1.29 is 9.53 Å². The summed E-state index contributed by atoms with van der Waals surface area (Å²) in [7, 11) is 0. The Bertz CT molecular complexity index is 427. The van der Waals surface area contributed by atoms with E-state index in [9.17, 15) is 4.79 Å². The van der Waals surface area contributed by atoms with Crippen molar-refractivity contribution in [3.8, 4) is 0 Å². The number of aryl methyl sites for hydroxylation is 1. The molecule has 20 heavy (non-hydrogen) atoms. The van der Waals surface area contributed by atoms with Crippen LogP contribution in [0.3, 0.4) is 0 Å². The van der Waals surface area contributed by atoms with Crippen LogP contribution in [0.5, 0.6) is 0 Å². The number of carbonyl (C=O) groups excluding carboxylic acids is 1. The van der Waals surface area contributed by atoms with Crippen molar-refractivity contribution in [2.24, 2.45) is 5.73 Å². The Balaban J connectivity index is 1.79. The van der Waals surface area contributed by atoms with E-state index in [2.05, 4.69) is 17.4 Å². The van der Waals surface area contributed by atoms with Gasteiger partial charge in [0.15, 0.2) is 0 Å². The number of amides is 1. The van der Waals surface area contributed by atoms with Gasteiger partial charge < -0.3 is 15.8 Å². The quantitative estimate of drug-likeness (QED) is 0.859. The Morgan fingerprint density at radius 2 is 2.00 bits per heavy atom. The third kappa shape index (κ3) is 4.05. The van der Waals surface area contributed by atoms with Gasteiger partial charge in [-0.2, -0.15) is 0 Å². The summed E-state index contributed by atoms with van der Waals surface area (Å²) in [4.78, 5) is 12.2. The second-order valence-corrected chi connectivity index (χ2v) is 5.67. The first-order chi connectivity index (χ1) is 9.60. The predicted octanol–water partition coefficient (Wildman–Crippen LogP) is 1.63. The molecule has 0 aliphatic carbocycles. The number of ether oxygens (including phenoxy) is 1. The van der Waals surface area contributed by atoms with Gasteiger partial charge in [0.1, 0.15) is 0 Å². The maximum absolute atomic E-state index is 12.2. The Hall–Kier alpha value is -1.39. The minimum absolute atomic E-state index is 0.0404. The zero-order valence-corrected chi connectivity index (χ0v) is 12.1. The molecule has 0 aromatic heterocycles. The summed E-state index contributed by atoms with van der Waals surface area (Å²) in [5.74, 6) is -0.0404. The van der Waals surface area contributed by atoms with Crippen LogP contribution in [0.1, 0.15) is 31.7 Å². The molecule has 1 heterocycles. The van der Waals surface area contributed by atoms with Gasteiger partial charge in [-0.3, -0.25) is 4.79 Å². The second-order valence-electron chi connectivity index (χ2n) is 5.67. The minimum Gasteiger partial charge on any atom is -0.381 e. The number of nitrogens with two attached hydrogens (primary N) is 1. The fourth-order valence-electron chi connectivity index (χ4n) is 2.43. The highest BCUT2D eigenvalue weighted by Gasteiger charge is 2.36. The molecule has 0 bridgehead atoms. The number of rotatable bonds is 5. The van der Waals surface area contributed by atoms with E-state index < -0.39 is 5.54 Å². The molecule has 110 valence electrons. The molecule has 1 fully saturated rings. The lowest BCUT2D eigenvalue weighted by Gasteiger charge is -2.33. The van der Waals surface area contributed by atoms with Gasteiger partial charge in [-0.25, -0.2) is 0 Å². The average molecular weight is 276 g/mol. The molecule has 1 amide bonds. The number of carbonyl (C=O) groups is 1. The van der Waals surface area contributed by atoms with E-state index in [4.69, 9.17) is 10.5 Å². The topological polar surface area (TPSA) is 64.4 Å². The van der Waals surface area contributed by atoms with Gasteiger partial charge in [-0.15, -0.1) is 0 Å². The molecule has 1 aliphatic rings. The third-order valence-corrected chi connectivity index (χ3v) is 3.92. The fraction of sp³-hybridized carbons (Fsp3) is 0.562. The lowest BCUT2D eigenvalue weighted by molar-refractivity contribution is -0.130. The molecule has 4 nitrogen and oxygen atoms in total. The van der Waals surface area contributed by atoms with Gasteiger partial charge in [-0.1, -0.05) is 30.3 Å². The number of benzene rings is 1. The van der Waals surface area contributed by atoms with Crippen molar-refractivity contribution in [2.75, 3.05) is 13.2 Å². The monoisotopic (exact) mass is 276 g/mol. The van der Waals surface area contributed by atoms with E-state index in [1.54, 1.807) is 0 Å². The first-order valence-electron chi connectivity index (χ1n) is 7.32. The van der Waals surface area contributed by atoms with Gasteiger partial charge in [0.2, 0.25) is 5.91 Å². The number of hydrogen-bond donors (Lipinski definition) is 2. The molecule has 1 aliphatic heterocycles. The van der Waals surface area contributed by atoms with E-state index in [0.717, 1.165) is 12.8 Å². The van der Waals surface area contributed by atoms with E-state index in [1.807, 2.05) is 25.1 Å². The molecule has 0 radical (unpaired) electrons. The van der Waals surface area contributed by atoms with E-state index in [-0.39, 0.29) is 11.9 Å². The highest BCUT2D eigenvalue weighted by atomic mass is 16.5. The van der Waals surface area contributed by atoms with Crippen LogP contribution in [0.15, 0.2) is 30.3 Å². The first-order valence-corrected chi connectivity index (χ1v) is 7.32.